The van der Waals surface area contributed by atoms with Crippen molar-refractivity contribution in [2.45, 2.75) is 6.92 Å². The van der Waals surface area contributed by atoms with Crippen molar-refractivity contribution in [2.24, 2.45) is 0 Å². The van der Waals surface area contributed by atoms with Gasteiger partial charge in [-0.05, 0) is 30.2 Å². The zero-order valence-electron chi connectivity index (χ0n) is 12.8. The molecule has 2 rings (SSSR count). The van der Waals surface area contributed by atoms with Gasteiger partial charge >= 0.3 is 5.97 Å². The molecule has 0 bridgehead atoms. The Labute approximate surface area is 133 Å². The molecule has 0 aliphatic carbocycles. The van der Waals surface area contributed by atoms with Crippen LogP contribution in [0.25, 0.3) is 11.1 Å². The molecule has 0 N–H and O–H groups in total. The number of benzene rings is 1. The summed E-state index contributed by atoms with van der Waals surface area (Å²) in [5.41, 5.74) is 2.72. The highest BCUT2D eigenvalue weighted by Crippen LogP contribution is 2.33. The summed E-state index contributed by atoms with van der Waals surface area (Å²) in [6.07, 6.45) is 1.66. The van der Waals surface area contributed by atoms with Crippen LogP contribution in [0, 0.1) is 6.92 Å². The van der Waals surface area contributed by atoms with Crippen molar-refractivity contribution >= 4 is 17.6 Å². The van der Waals surface area contributed by atoms with E-state index in [2.05, 4.69) is 4.98 Å². The van der Waals surface area contributed by atoms with E-state index in [1.807, 2.05) is 6.07 Å². The van der Waals surface area contributed by atoms with Crippen molar-refractivity contribution in [3.63, 3.8) is 0 Å². The van der Waals surface area contributed by atoms with E-state index >= 15 is 0 Å². The Morgan fingerprint density at radius 3 is 2.36 bits per heavy atom. The Morgan fingerprint density at radius 1 is 1.09 bits per heavy atom. The zero-order chi connectivity index (χ0) is 16.3. The van der Waals surface area contributed by atoms with Crippen LogP contribution < -0.4 is 9.47 Å². The number of carbonyl (C=O) groups excluding carboxylic acids is 1. The quantitative estimate of drug-likeness (QED) is 0.806. The number of hydrogen-bond acceptors (Lipinski definition) is 5. The number of hydrogen-bond donors (Lipinski definition) is 0. The number of rotatable bonds is 4. The van der Waals surface area contributed by atoms with Gasteiger partial charge in [0, 0.05) is 11.8 Å². The lowest BCUT2D eigenvalue weighted by Crippen LogP contribution is -2.05. The molecule has 0 unspecified atom stereocenters. The Balaban J connectivity index is 2.52. The third-order valence-corrected chi connectivity index (χ3v) is 3.54. The standard InChI is InChI=1S/C16H16ClNO4/c1-9-5-10(6-12(17)14(9)16(19)22-4)11-7-13(20-2)15(21-3)18-8-11/h5-8H,1-4H3. The molecule has 2 aromatic rings. The summed E-state index contributed by atoms with van der Waals surface area (Å²) < 4.78 is 15.1. The minimum atomic E-state index is -0.459. The number of methoxy groups -OCH3 is 3. The van der Waals surface area contributed by atoms with Crippen molar-refractivity contribution < 1.29 is 19.0 Å². The van der Waals surface area contributed by atoms with Gasteiger partial charge in [0.05, 0.1) is 31.9 Å². The highest BCUT2D eigenvalue weighted by molar-refractivity contribution is 6.34. The lowest BCUT2D eigenvalue weighted by Gasteiger charge is -2.12. The van der Waals surface area contributed by atoms with Crippen molar-refractivity contribution in [2.75, 3.05) is 21.3 Å². The molecule has 0 saturated carbocycles. The topological polar surface area (TPSA) is 57.7 Å². The van der Waals surface area contributed by atoms with Gasteiger partial charge in [-0.3, -0.25) is 0 Å². The third-order valence-electron chi connectivity index (χ3n) is 3.24. The average molecular weight is 322 g/mol. The van der Waals surface area contributed by atoms with Gasteiger partial charge in [-0.1, -0.05) is 17.7 Å². The molecular weight excluding hydrogens is 306 g/mol. The van der Waals surface area contributed by atoms with E-state index in [4.69, 9.17) is 25.8 Å². The lowest BCUT2D eigenvalue weighted by molar-refractivity contribution is 0.0600. The number of esters is 1. The molecule has 0 amide bonds. The summed E-state index contributed by atoms with van der Waals surface area (Å²) >= 11 is 6.21. The monoisotopic (exact) mass is 321 g/mol. The van der Waals surface area contributed by atoms with Crippen LogP contribution in [0.4, 0.5) is 0 Å². The van der Waals surface area contributed by atoms with Gasteiger partial charge < -0.3 is 14.2 Å². The summed E-state index contributed by atoms with van der Waals surface area (Å²) in [6.45, 7) is 1.80. The molecule has 1 aromatic carbocycles. The normalized spacial score (nSPS) is 10.2. The van der Waals surface area contributed by atoms with E-state index in [1.54, 1.807) is 32.4 Å². The van der Waals surface area contributed by atoms with Crippen LogP contribution in [0.3, 0.4) is 0 Å². The van der Waals surface area contributed by atoms with Crippen molar-refractivity contribution in [1.29, 1.82) is 0 Å². The molecule has 6 heteroatoms. The second-order valence-corrected chi connectivity index (χ2v) is 4.98. The maximum Gasteiger partial charge on any atom is 0.339 e. The molecule has 22 heavy (non-hydrogen) atoms. The van der Waals surface area contributed by atoms with Crippen LogP contribution >= 0.6 is 11.6 Å². The maximum absolute atomic E-state index is 11.7. The Bertz CT molecular complexity index is 692. The molecule has 116 valence electrons. The molecule has 1 heterocycles. The van der Waals surface area contributed by atoms with Crippen LogP contribution in [0.2, 0.25) is 5.02 Å². The van der Waals surface area contributed by atoms with E-state index in [0.717, 1.165) is 16.7 Å². The Morgan fingerprint density at radius 2 is 1.82 bits per heavy atom. The fraction of sp³-hybridized carbons (Fsp3) is 0.250. The number of pyridine rings is 1. The predicted molar refractivity (Wildman–Crippen MR) is 83.9 cm³/mol. The number of nitrogens with zero attached hydrogens (tertiary/aromatic N) is 1. The van der Waals surface area contributed by atoms with Crippen LogP contribution in [-0.2, 0) is 4.74 Å². The van der Waals surface area contributed by atoms with E-state index in [0.29, 0.717) is 22.2 Å². The number of ether oxygens (including phenoxy) is 3. The molecule has 0 radical (unpaired) electrons. The molecule has 0 saturated heterocycles. The first-order chi connectivity index (χ1) is 10.5. The molecular formula is C16H16ClNO4. The van der Waals surface area contributed by atoms with Gasteiger partial charge in [0.2, 0.25) is 0 Å². The molecule has 1 aromatic heterocycles. The smallest absolute Gasteiger partial charge is 0.339 e. The maximum atomic E-state index is 11.7. The molecule has 0 atom stereocenters. The minimum absolute atomic E-state index is 0.330. The van der Waals surface area contributed by atoms with E-state index in [1.165, 1.54) is 14.2 Å². The van der Waals surface area contributed by atoms with Gasteiger partial charge in [0.15, 0.2) is 5.75 Å². The van der Waals surface area contributed by atoms with Crippen molar-refractivity contribution in [1.82, 2.24) is 4.98 Å². The third kappa shape index (κ3) is 2.99. The molecule has 0 spiro atoms. The largest absolute Gasteiger partial charge is 0.491 e. The summed E-state index contributed by atoms with van der Waals surface area (Å²) in [7, 11) is 4.39. The summed E-state index contributed by atoms with van der Waals surface area (Å²) in [6, 6.07) is 5.35. The number of aromatic nitrogens is 1. The van der Waals surface area contributed by atoms with Gasteiger partial charge in [-0.15, -0.1) is 0 Å². The van der Waals surface area contributed by atoms with Crippen LogP contribution in [0.15, 0.2) is 24.4 Å². The fourth-order valence-corrected chi connectivity index (χ4v) is 2.50. The predicted octanol–water partition coefficient (Wildman–Crippen LogP) is 3.51. The zero-order valence-corrected chi connectivity index (χ0v) is 13.5. The van der Waals surface area contributed by atoms with E-state index < -0.39 is 5.97 Å². The Hall–Kier alpha value is -2.27. The first-order valence-electron chi connectivity index (χ1n) is 6.48. The highest BCUT2D eigenvalue weighted by atomic mass is 35.5. The number of carbonyl (C=O) groups is 1. The second-order valence-electron chi connectivity index (χ2n) is 4.58. The second kappa shape index (κ2) is 6.66. The van der Waals surface area contributed by atoms with Gasteiger partial charge in [-0.2, -0.15) is 0 Å². The molecule has 5 nitrogen and oxygen atoms in total. The van der Waals surface area contributed by atoms with E-state index in [9.17, 15) is 4.79 Å². The van der Waals surface area contributed by atoms with Crippen LogP contribution in [0.5, 0.6) is 11.6 Å². The fourth-order valence-electron chi connectivity index (χ4n) is 2.16. The SMILES string of the molecule is COC(=O)c1c(C)cc(-c2cnc(OC)c(OC)c2)cc1Cl. The van der Waals surface area contributed by atoms with Gasteiger partial charge in [-0.25, -0.2) is 9.78 Å². The first-order valence-corrected chi connectivity index (χ1v) is 6.86. The van der Waals surface area contributed by atoms with Crippen molar-refractivity contribution in [3.05, 3.63) is 40.5 Å². The van der Waals surface area contributed by atoms with Crippen LogP contribution in [-0.4, -0.2) is 32.3 Å². The summed E-state index contributed by atoms with van der Waals surface area (Å²) in [4.78, 5) is 15.9. The van der Waals surface area contributed by atoms with Gasteiger partial charge in [0.1, 0.15) is 0 Å². The number of aryl methyl sites for hydroxylation is 1. The molecule has 0 fully saturated rings. The van der Waals surface area contributed by atoms with Crippen LogP contribution in [0.1, 0.15) is 15.9 Å². The highest BCUT2D eigenvalue weighted by Gasteiger charge is 2.16. The first kappa shape index (κ1) is 16.1. The molecule has 0 aliphatic heterocycles. The molecule has 0 aliphatic rings. The minimum Gasteiger partial charge on any atom is -0.491 e. The Kier molecular flexibility index (Phi) is 4.88. The average Bonchev–Trinajstić information content (AvgIpc) is 2.53. The summed E-state index contributed by atoms with van der Waals surface area (Å²) in [5, 5.41) is 0.330. The van der Waals surface area contributed by atoms with E-state index in [-0.39, 0.29) is 0 Å². The van der Waals surface area contributed by atoms with Gasteiger partial charge in [0.25, 0.3) is 5.88 Å². The lowest BCUT2D eigenvalue weighted by atomic mass is 10.0. The number of halogens is 1. The summed E-state index contributed by atoms with van der Waals surface area (Å²) in [5.74, 6) is 0.463. The van der Waals surface area contributed by atoms with Crippen molar-refractivity contribution in [3.8, 4) is 22.8 Å².